The number of thioether (sulfide) groups is 1. The summed E-state index contributed by atoms with van der Waals surface area (Å²) in [6.07, 6.45) is 1.27. The second-order valence-electron chi connectivity index (χ2n) is 3.14. The Morgan fingerprint density at radius 3 is 2.88 bits per heavy atom. The minimum absolute atomic E-state index is 0.287. The number of ether oxygens (including phenoxy) is 1. The van der Waals surface area contributed by atoms with Crippen molar-refractivity contribution in [2.24, 2.45) is 0 Å². The molecule has 1 amide bonds. The highest BCUT2D eigenvalue weighted by Gasteiger charge is 2.16. The van der Waals surface area contributed by atoms with Crippen molar-refractivity contribution in [1.29, 1.82) is 0 Å². The summed E-state index contributed by atoms with van der Waals surface area (Å²) in [6.45, 7) is 1.30. The van der Waals surface area contributed by atoms with Crippen molar-refractivity contribution < 1.29 is 14.3 Å². The monoisotopic (exact) mass is 235 g/mol. The van der Waals surface area contributed by atoms with Crippen LogP contribution in [0.4, 0.5) is 5.69 Å². The van der Waals surface area contributed by atoms with Crippen LogP contribution in [0.15, 0.2) is 40.3 Å². The summed E-state index contributed by atoms with van der Waals surface area (Å²) in [5.74, 6) is -0.736. The van der Waals surface area contributed by atoms with Crippen LogP contribution < -0.4 is 5.32 Å². The summed E-state index contributed by atoms with van der Waals surface area (Å²) < 4.78 is 4.92. The summed E-state index contributed by atoms with van der Waals surface area (Å²) in [7, 11) is 0. The average Bonchev–Trinajstić information content (AvgIpc) is 2.33. The molecule has 0 aliphatic carbocycles. The van der Waals surface area contributed by atoms with E-state index >= 15 is 0 Å². The summed E-state index contributed by atoms with van der Waals surface area (Å²) in [4.78, 5) is 23.1. The van der Waals surface area contributed by atoms with E-state index in [-0.39, 0.29) is 11.0 Å². The molecule has 1 N–H and O–H groups in total. The van der Waals surface area contributed by atoms with Gasteiger partial charge in [0.2, 0.25) is 0 Å². The summed E-state index contributed by atoms with van der Waals surface area (Å²) in [5.41, 5.74) is 0.718. The normalized spacial score (nSPS) is 14.3. The topological polar surface area (TPSA) is 55.4 Å². The molecule has 0 fully saturated rings. The Bertz CT molecular complexity index is 482. The number of rotatable bonds is 1. The van der Waals surface area contributed by atoms with Gasteiger partial charge in [-0.15, -0.1) is 0 Å². The van der Waals surface area contributed by atoms with Gasteiger partial charge in [-0.1, -0.05) is 12.1 Å². The Kier molecular flexibility index (Phi) is 2.96. The van der Waals surface area contributed by atoms with E-state index in [9.17, 15) is 9.59 Å². The molecule has 82 valence electrons. The standard InChI is InChI=1S/C11H9NO3S/c1-7(13)15-11-6-10(14)12-8-4-2-3-5-9(8)16-11/h2-6H,1H3,(H,12,14). The lowest BCUT2D eigenvalue weighted by atomic mass is 10.3. The van der Waals surface area contributed by atoms with Crippen LogP contribution in [0.3, 0.4) is 0 Å². The molecule has 1 aliphatic rings. The fourth-order valence-electron chi connectivity index (χ4n) is 1.26. The van der Waals surface area contributed by atoms with Gasteiger partial charge in [-0.3, -0.25) is 9.59 Å². The molecule has 0 saturated carbocycles. The zero-order valence-corrected chi connectivity index (χ0v) is 9.34. The predicted octanol–water partition coefficient (Wildman–Crippen LogP) is 2.14. The van der Waals surface area contributed by atoms with Gasteiger partial charge in [0.05, 0.1) is 11.8 Å². The number of nitrogens with one attached hydrogen (secondary N) is 1. The number of anilines is 1. The number of esters is 1. The van der Waals surface area contributed by atoms with Crippen LogP contribution in [0, 0.1) is 0 Å². The van der Waals surface area contributed by atoms with Gasteiger partial charge in [0, 0.05) is 11.8 Å². The molecule has 0 bridgehead atoms. The molecule has 1 aromatic rings. The van der Waals surface area contributed by atoms with Crippen LogP contribution in [-0.4, -0.2) is 11.9 Å². The number of hydrogen-bond donors (Lipinski definition) is 1. The Hall–Kier alpha value is -1.75. The molecule has 0 spiro atoms. The van der Waals surface area contributed by atoms with E-state index < -0.39 is 5.97 Å². The molecular formula is C11H9NO3S. The number of benzene rings is 1. The quantitative estimate of drug-likeness (QED) is 0.758. The lowest BCUT2D eigenvalue weighted by Crippen LogP contribution is -2.07. The molecule has 1 aliphatic heterocycles. The Morgan fingerprint density at radius 2 is 2.12 bits per heavy atom. The Balaban J connectivity index is 2.32. The van der Waals surface area contributed by atoms with Gasteiger partial charge >= 0.3 is 5.97 Å². The molecule has 0 atom stereocenters. The van der Waals surface area contributed by atoms with E-state index in [0.717, 1.165) is 10.6 Å². The Morgan fingerprint density at radius 1 is 1.38 bits per heavy atom. The number of para-hydroxylation sites is 1. The van der Waals surface area contributed by atoms with Crippen molar-refractivity contribution in [1.82, 2.24) is 0 Å². The highest BCUT2D eigenvalue weighted by molar-refractivity contribution is 8.03. The van der Waals surface area contributed by atoms with Gasteiger partial charge in [-0.25, -0.2) is 0 Å². The number of hydrogen-bond acceptors (Lipinski definition) is 4. The van der Waals surface area contributed by atoms with E-state index in [0.29, 0.717) is 0 Å². The van der Waals surface area contributed by atoms with E-state index in [1.165, 1.54) is 24.8 Å². The molecule has 5 heteroatoms. The van der Waals surface area contributed by atoms with Gasteiger partial charge in [-0.2, -0.15) is 0 Å². The number of amides is 1. The largest absolute Gasteiger partial charge is 0.419 e. The second-order valence-corrected chi connectivity index (χ2v) is 4.19. The van der Waals surface area contributed by atoms with Crippen molar-refractivity contribution in [2.45, 2.75) is 11.8 Å². The van der Waals surface area contributed by atoms with E-state index in [1.807, 2.05) is 18.2 Å². The van der Waals surface area contributed by atoms with Crippen molar-refractivity contribution in [3.05, 3.63) is 35.4 Å². The Labute approximate surface area is 96.7 Å². The molecule has 0 radical (unpaired) electrons. The van der Waals surface area contributed by atoms with Crippen LogP contribution in [0.2, 0.25) is 0 Å². The van der Waals surface area contributed by atoms with Crippen LogP contribution >= 0.6 is 11.8 Å². The molecule has 1 aromatic carbocycles. The maximum atomic E-state index is 11.4. The second kappa shape index (κ2) is 4.40. The minimum atomic E-state index is -0.439. The SMILES string of the molecule is CC(=O)OC1=CC(=O)Nc2ccccc2S1. The zero-order valence-electron chi connectivity index (χ0n) is 8.52. The van der Waals surface area contributed by atoms with Gasteiger partial charge in [0.15, 0.2) is 5.09 Å². The maximum absolute atomic E-state index is 11.4. The third kappa shape index (κ3) is 2.43. The molecule has 2 rings (SSSR count). The fraction of sp³-hybridized carbons (Fsp3) is 0.0909. The van der Waals surface area contributed by atoms with E-state index in [1.54, 1.807) is 6.07 Å². The van der Waals surface area contributed by atoms with Crippen molar-refractivity contribution in [2.75, 3.05) is 5.32 Å². The first kappa shape index (κ1) is 10.8. The minimum Gasteiger partial charge on any atom is -0.419 e. The van der Waals surface area contributed by atoms with Crippen molar-refractivity contribution in [3.8, 4) is 0 Å². The molecule has 0 saturated heterocycles. The molecular weight excluding hydrogens is 226 g/mol. The van der Waals surface area contributed by atoms with Gasteiger partial charge < -0.3 is 10.1 Å². The van der Waals surface area contributed by atoms with Gasteiger partial charge in [0.25, 0.3) is 5.91 Å². The molecule has 4 nitrogen and oxygen atoms in total. The molecule has 16 heavy (non-hydrogen) atoms. The van der Waals surface area contributed by atoms with Crippen LogP contribution in [0.25, 0.3) is 0 Å². The smallest absolute Gasteiger partial charge is 0.308 e. The first-order valence-electron chi connectivity index (χ1n) is 4.63. The first-order chi connectivity index (χ1) is 7.65. The van der Waals surface area contributed by atoms with E-state index in [2.05, 4.69) is 5.32 Å². The third-order valence-electron chi connectivity index (χ3n) is 1.85. The number of fused-ring (bicyclic) bond motifs is 1. The fourth-order valence-corrected chi connectivity index (χ4v) is 2.18. The summed E-state index contributed by atoms with van der Waals surface area (Å²) in [5, 5.41) is 2.99. The molecule has 1 heterocycles. The van der Waals surface area contributed by atoms with Crippen molar-refractivity contribution >= 4 is 29.3 Å². The van der Waals surface area contributed by atoms with Crippen LogP contribution in [-0.2, 0) is 14.3 Å². The highest BCUT2D eigenvalue weighted by Crippen LogP contribution is 2.35. The third-order valence-corrected chi connectivity index (χ3v) is 2.83. The molecule has 0 unspecified atom stereocenters. The maximum Gasteiger partial charge on any atom is 0.308 e. The first-order valence-corrected chi connectivity index (χ1v) is 5.45. The van der Waals surface area contributed by atoms with Crippen LogP contribution in [0.1, 0.15) is 6.92 Å². The lowest BCUT2D eigenvalue weighted by molar-refractivity contribution is -0.135. The van der Waals surface area contributed by atoms with Gasteiger partial charge in [-0.05, 0) is 23.9 Å². The molecule has 0 aromatic heterocycles. The highest BCUT2D eigenvalue weighted by atomic mass is 32.2. The lowest BCUT2D eigenvalue weighted by Gasteiger charge is -2.05. The van der Waals surface area contributed by atoms with E-state index in [4.69, 9.17) is 4.74 Å². The number of carbonyl (C=O) groups is 2. The number of carbonyl (C=O) groups excluding carboxylic acids is 2. The van der Waals surface area contributed by atoms with Crippen LogP contribution in [0.5, 0.6) is 0 Å². The average molecular weight is 235 g/mol. The summed E-state index contributed by atoms with van der Waals surface area (Å²) in [6, 6.07) is 7.33. The van der Waals surface area contributed by atoms with Crippen molar-refractivity contribution in [3.63, 3.8) is 0 Å². The van der Waals surface area contributed by atoms with Gasteiger partial charge in [0.1, 0.15) is 0 Å². The summed E-state index contributed by atoms with van der Waals surface area (Å²) >= 11 is 1.24. The zero-order chi connectivity index (χ0) is 11.5. The predicted molar refractivity (Wildman–Crippen MR) is 60.8 cm³/mol.